The first-order valence-electron chi connectivity index (χ1n) is 7.57. The first-order valence-corrected chi connectivity index (χ1v) is 7.57. The van der Waals surface area contributed by atoms with E-state index in [9.17, 15) is 0 Å². The Hall–Kier alpha value is -1.80. The van der Waals surface area contributed by atoms with Crippen LogP contribution in [0.15, 0.2) is 42.5 Å². The van der Waals surface area contributed by atoms with E-state index in [4.69, 9.17) is 10.5 Å². The molecule has 1 fully saturated rings. The maximum absolute atomic E-state index is 6.55. The molecule has 0 heterocycles. The Labute approximate surface area is 126 Å². The molecule has 21 heavy (non-hydrogen) atoms. The zero-order valence-electron chi connectivity index (χ0n) is 13.0. The van der Waals surface area contributed by atoms with E-state index in [1.165, 1.54) is 23.1 Å². The van der Waals surface area contributed by atoms with Crippen molar-refractivity contribution in [2.45, 2.75) is 32.2 Å². The molecule has 2 N–H and O–H groups in total. The van der Waals surface area contributed by atoms with Crippen molar-refractivity contribution in [1.29, 1.82) is 0 Å². The van der Waals surface area contributed by atoms with Gasteiger partial charge in [-0.15, -0.1) is 0 Å². The van der Waals surface area contributed by atoms with Crippen molar-refractivity contribution in [3.05, 3.63) is 64.7 Å². The number of methoxy groups -OCH3 is 1. The van der Waals surface area contributed by atoms with E-state index in [-0.39, 0.29) is 6.04 Å². The first kappa shape index (κ1) is 14.2. The van der Waals surface area contributed by atoms with Crippen LogP contribution in [0, 0.1) is 19.8 Å². The van der Waals surface area contributed by atoms with Crippen LogP contribution in [0.5, 0.6) is 5.75 Å². The molecule has 1 saturated carbocycles. The summed E-state index contributed by atoms with van der Waals surface area (Å²) in [5.41, 5.74) is 11.6. The summed E-state index contributed by atoms with van der Waals surface area (Å²) >= 11 is 0. The van der Waals surface area contributed by atoms with Gasteiger partial charge in [0.1, 0.15) is 5.75 Å². The number of aryl methyl sites for hydroxylation is 2. The molecule has 3 atom stereocenters. The van der Waals surface area contributed by atoms with Crippen molar-refractivity contribution in [3.8, 4) is 5.75 Å². The summed E-state index contributed by atoms with van der Waals surface area (Å²) in [4.78, 5) is 0. The van der Waals surface area contributed by atoms with Gasteiger partial charge in [-0.2, -0.15) is 0 Å². The molecule has 1 aliphatic rings. The standard InChI is InChI=1S/C19H23NO/c1-12-10-18(21-3)13(2)9-15(12)19(20)17-11-16(17)14-7-5-4-6-8-14/h4-10,16-17,19H,11,20H2,1-3H3. The van der Waals surface area contributed by atoms with Gasteiger partial charge < -0.3 is 10.5 Å². The van der Waals surface area contributed by atoms with Crippen LogP contribution in [-0.4, -0.2) is 7.11 Å². The molecule has 0 amide bonds. The van der Waals surface area contributed by atoms with Crippen LogP contribution < -0.4 is 10.5 Å². The molecule has 0 aliphatic heterocycles. The van der Waals surface area contributed by atoms with E-state index in [1.807, 2.05) is 0 Å². The number of nitrogens with two attached hydrogens (primary N) is 1. The average molecular weight is 281 g/mol. The Morgan fingerprint density at radius 2 is 1.81 bits per heavy atom. The fraction of sp³-hybridized carbons (Fsp3) is 0.368. The van der Waals surface area contributed by atoms with Crippen molar-refractivity contribution >= 4 is 0 Å². The highest BCUT2D eigenvalue weighted by atomic mass is 16.5. The van der Waals surface area contributed by atoms with E-state index < -0.39 is 0 Å². The lowest BCUT2D eigenvalue weighted by Crippen LogP contribution is -2.15. The summed E-state index contributed by atoms with van der Waals surface area (Å²) in [7, 11) is 1.72. The zero-order valence-corrected chi connectivity index (χ0v) is 13.0. The fourth-order valence-electron chi connectivity index (χ4n) is 3.32. The van der Waals surface area contributed by atoms with Crippen molar-refractivity contribution in [3.63, 3.8) is 0 Å². The Morgan fingerprint density at radius 1 is 1.10 bits per heavy atom. The van der Waals surface area contributed by atoms with Crippen molar-refractivity contribution < 1.29 is 4.74 Å². The molecule has 3 rings (SSSR count). The maximum atomic E-state index is 6.55. The first-order chi connectivity index (χ1) is 10.1. The van der Waals surface area contributed by atoms with Crippen LogP contribution in [0.1, 0.15) is 40.6 Å². The van der Waals surface area contributed by atoms with Gasteiger partial charge in [0, 0.05) is 6.04 Å². The molecule has 2 aromatic carbocycles. The molecular weight excluding hydrogens is 258 g/mol. The smallest absolute Gasteiger partial charge is 0.122 e. The summed E-state index contributed by atoms with van der Waals surface area (Å²) in [6.45, 7) is 4.20. The van der Waals surface area contributed by atoms with Crippen LogP contribution in [0.2, 0.25) is 0 Å². The van der Waals surface area contributed by atoms with Crippen molar-refractivity contribution in [1.82, 2.24) is 0 Å². The highest BCUT2D eigenvalue weighted by molar-refractivity contribution is 5.44. The molecule has 3 unspecified atom stereocenters. The van der Waals surface area contributed by atoms with E-state index in [0.29, 0.717) is 11.8 Å². The van der Waals surface area contributed by atoms with Crippen LogP contribution >= 0.6 is 0 Å². The van der Waals surface area contributed by atoms with Gasteiger partial charge in [-0.25, -0.2) is 0 Å². The molecule has 2 nitrogen and oxygen atoms in total. The second kappa shape index (κ2) is 5.53. The Balaban J connectivity index is 1.81. The van der Waals surface area contributed by atoms with E-state index in [2.05, 4.69) is 56.3 Å². The number of hydrogen-bond acceptors (Lipinski definition) is 2. The normalized spacial score (nSPS) is 21.9. The monoisotopic (exact) mass is 281 g/mol. The molecule has 1 aliphatic carbocycles. The van der Waals surface area contributed by atoms with Crippen LogP contribution in [0.25, 0.3) is 0 Å². The third kappa shape index (κ3) is 2.68. The minimum Gasteiger partial charge on any atom is -0.496 e. The molecule has 0 aromatic heterocycles. The lowest BCUT2D eigenvalue weighted by atomic mass is 9.94. The molecule has 0 saturated heterocycles. The Kier molecular flexibility index (Phi) is 3.73. The van der Waals surface area contributed by atoms with Gasteiger partial charge in [-0.3, -0.25) is 0 Å². The van der Waals surface area contributed by atoms with Gasteiger partial charge in [0.15, 0.2) is 0 Å². The lowest BCUT2D eigenvalue weighted by Gasteiger charge is -2.17. The summed E-state index contributed by atoms with van der Waals surface area (Å²) < 4.78 is 5.39. The second-order valence-electron chi connectivity index (χ2n) is 6.12. The molecule has 2 aromatic rings. The van der Waals surface area contributed by atoms with Crippen LogP contribution in [0.4, 0.5) is 0 Å². The second-order valence-corrected chi connectivity index (χ2v) is 6.12. The van der Waals surface area contributed by atoms with Gasteiger partial charge in [-0.1, -0.05) is 36.4 Å². The van der Waals surface area contributed by atoms with Crippen LogP contribution in [0.3, 0.4) is 0 Å². The minimum absolute atomic E-state index is 0.111. The van der Waals surface area contributed by atoms with Gasteiger partial charge in [0.05, 0.1) is 7.11 Å². The van der Waals surface area contributed by atoms with Gasteiger partial charge in [-0.05, 0) is 60.4 Å². The number of hydrogen-bond donors (Lipinski definition) is 1. The summed E-state index contributed by atoms with van der Waals surface area (Å²) in [6.07, 6.45) is 1.19. The number of rotatable bonds is 4. The fourth-order valence-corrected chi connectivity index (χ4v) is 3.32. The molecular formula is C19H23NO. The van der Waals surface area contributed by atoms with Gasteiger partial charge in [0.25, 0.3) is 0 Å². The zero-order chi connectivity index (χ0) is 15.0. The molecule has 0 radical (unpaired) electrons. The van der Waals surface area contributed by atoms with Crippen molar-refractivity contribution in [2.75, 3.05) is 7.11 Å². The number of benzene rings is 2. The third-order valence-electron chi connectivity index (χ3n) is 4.67. The lowest BCUT2D eigenvalue weighted by molar-refractivity contribution is 0.411. The van der Waals surface area contributed by atoms with E-state index >= 15 is 0 Å². The predicted molar refractivity (Wildman–Crippen MR) is 86.7 cm³/mol. The van der Waals surface area contributed by atoms with E-state index in [1.54, 1.807) is 7.11 Å². The summed E-state index contributed by atoms with van der Waals surface area (Å²) in [5.74, 6) is 2.11. The predicted octanol–water partition coefficient (Wildman–Crippen LogP) is 4.12. The molecule has 2 heteroatoms. The average Bonchev–Trinajstić information content (AvgIpc) is 3.30. The Morgan fingerprint density at radius 3 is 2.48 bits per heavy atom. The third-order valence-corrected chi connectivity index (χ3v) is 4.67. The topological polar surface area (TPSA) is 35.2 Å². The molecule has 110 valence electrons. The highest BCUT2D eigenvalue weighted by Crippen LogP contribution is 2.53. The van der Waals surface area contributed by atoms with Gasteiger partial charge >= 0.3 is 0 Å². The van der Waals surface area contributed by atoms with E-state index in [0.717, 1.165) is 11.3 Å². The quantitative estimate of drug-likeness (QED) is 0.915. The summed E-state index contributed by atoms with van der Waals surface area (Å²) in [5, 5.41) is 0. The number of ether oxygens (including phenoxy) is 1. The van der Waals surface area contributed by atoms with Gasteiger partial charge in [0.2, 0.25) is 0 Å². The highest BCUT2D eigenvalue weighted by Gasteiger charge is 2.43. The van der Waals surface area contributed by atoms with Crippen LogP contribution in [-0.2, 0) is 0 Å². The minimum atomic E-state index is 0.111. The largest absolute Gasteiger partial charge is 0.496 e. The molecule has 0 spiro atoms. The molecule has 0 bridgehead atoms. The van der Waals surface area contributed by atoms with Crippen molar-refractivity contribution in [2.24, 2.45) is 11.7 Å². The summed E-state index contributed by atoms with van der Waals surface area (Å²) in [6, 6.07) is 15.1. The SMILES string of the molecule is COc1cc(C)c(C(N)C2CC2c2ccccc2)cc1C. The maximum Gasteiger partial charge on any atom is 0.122 e. The Bertz CT molecular complexity index is 636.